The molecule has 2 rings (SSSR count). The molecule has 0 aromatic carbocycles. The van der Waals surface area contributed by atoms with Crippen molar-refractivity contribution in [2.45, 2.75) is 13.8 Å². The van der Waals surface area contributed by atoms with E-state index < -0.39 is 5.91 Å². The quantitative estimate of drug-likeness (QED) is 0.666. The van der Waals surface area contributed by atoms with Crippen LogP contribution in [0.4, 0.5) is 0 Å². The molecule has 0 radical (unpaired) electrons. The number of nitrogens with zero attached hydrogens (tertiary/aromatic N) is 2. The van der Waals surface area contributed by atoms with Crippen molar-refractivity contribution in [3.8, 4) is 11.4 Å². The molecule has 0 aliphatic heterocycles. The number of hydrogen-bond acceptors (Lipinski definition) is 3. The highest BCUT2D eigenvalue weighted by Crippen LogP contribution is 2.22. The zero-order valence-electron chi connectivity index (χ0n) is 8.46. The van der Waals surface area contributed by atoms with Crippen molar-refractivity contribution in [1.82, 2.24) is 20.2 Å². The first-order valence-electron chi connectivity index (χ1n) is 4.46. The van der Waals surface area contributed by atoms with E-state index in [4.69, 9.17) is 5.73 Å². The Morgan fingerprint density at radius 2 is 2.20 bits per heavy atom. The first-order valence-corrected chi connectivity index (χ1v) is 4.46. The smallest absolute Gasteiger partial charge is 0.251 e. The van der Waals surface area contributed by atoms with E-state index in [0.717, 1.165) is 5.69 Å². The molecule has 1 amide bonds. The van der Waals surface area contributed by atoms with Crippen molar-refractivity contribution in [2.24, 2.45) is 5.73 Å². The highest BCUT2D eigenvalue weighted by Gasteiger charge is 2.17. The average molecular weight is 205 g/mol. The van der Waals surface area contributed by atoms with E-state index in [1.807, 2.05) is 0 Å². The van der Waals surface area contributed by atoms with Gasteiger partial charge in [0.25, 0.3) is 5.91 Å². The van der Waals surface area contributed by atoms with E-state index in [1.165, 1.54) is 0 Å². The van der Waals surface area contributed by atoms with Gasteiger partial charge in [0.2, 0.25) is 0 Å². The summed E-state index contributed by atoms with van der Waals surface area (Å²) in [5.41, 5.74) is 7.07. The highest BCUT2D eigenvalue weighted by atomic mass is 16.1. The van der Waals surface area contributed by atoms with Gasteiger partial charge in [0.15, 0.2) is 5.82 Å². The Morgan fingerprint density at radius 3 is 2.73 bits per heavy atom. The molecule has 0 bridgehead atoms. The van der Waals surface area contributed by atoms with Crippen molar-refractivity contribution < 1.29 is 4.79 Å². The fraction of sp³-hybridized carbons (Fsp3) is 0.222. The van der Waals surface area contributed by atoms with E-state index in [-0.39, 0.29) is 0 Å². The third-order valence-corrected chi connectivity index (χ3v) is 2.16. The first kappa shape index (κ1) is 9.45. The van der Waals surface area contributed by atoms with Crippen molar-refractivity contribution in [3.05, 3.63) is 23.3 Å². The molecule has 78 valence electrons. The third-order valence-electron chi connectivity index (χ3n) is 2.16. The largest absolute Gasteiger partial charge is 0.366 e. The number of primary amides is 1. The SMILES string of the molecule is Cc1nc(-c2c[nH]c(C)c2C(N)=O)n[nH]1. The van der Waals surface area contributed by atoms with Gasteiger partial charge in [0.05, 0.1) is 11.1 Å². The van der Waals surface area contributed by atoms with Gasteiger partial charge in [-0.3, -0.25) is 9.89 Å². The van der Waals surface area contributed by atoms with Gasteiger partial charge in [-0.1, -0.05) is 0 Å². The van der Waals surface area contributed by atoms with Gasteiger partial charge in [-0.25, -0.2) is 4.98 Å². The Labute approximate surface area is 85.9 Å². The van der Waals surface area contributed by atoms with E-state index in [2.05, 4.69) is 20.2 Å². The summed E-state index contributed by atoms with van der Waals surface area (Å²) in [6.07, 6.45) is 1.68. The van der Waals surface area contributed by atoms with E-state index in [0.29, 0.717) is 22.8 Å². The van der Waals surface area contributed by atoms with E-state index in [1.54, 1.807) is 20.0 Å². The van der Waals surface area contributed by atoms with Crippen molar-refractivity contribution in [3.63, 3.8) is 0 Å². The van der Waals surface area contributed by atoms with Gasteiger partial charge in [0.1, 0.15) is 5.82 Å². The number of nitrogens with one attached hydrogen (secondary N) is 2. The zero-order valence-corrected chi connectivity index (χ0v) is 8.46. The van der Waals surface area contributed by atoms with E-state index >= 15 is 0 Å². The number of H-pyrrole nitrogens is 2. The molecule has 0 spiro atoms. The highest BCUT2D eigenvalue weighted by molar-refractivity contribution is 6.00. The number of rotatable bonds is 2. The summed E-state index contributed by atoms with van der Waals surface area (Å²) in [6.45, 7) is 3.57. The Balaban J connectivity index is 2.58. The standard InChI is InChI=1S/C9H11N5O/c1-4-7(8(10)15)6(3-11-4)9-12-5(2)13-14-9/h3,11H,1-2H3,(H2,10,15)(H,12,13,14). The lowest BCUT2D eigenvalue weighted by molar-refractivity contribution is 0.100. The number of amides is 1. The topological polar surface area (TPSA) is 100 Å². The minimum atomic E-state index is -0.480. The fourth-order valence-corrected chi connectivity index (χ4v) is 1.48. The molecule has 15 heavy (non-hydrogen) atoms. The maximum atomic E-state index is 11.2. The molecule has 6 nitrogen and oxygen atoms in total. The molecular weight excluding hydrogens is 194 g/mol. The van der Waals surface area contributed by atoms with Crippen molar-refractivity contribution in [1.29, 1.82) is 0 Å². The Kier molecular flexibility index (Phi) is 2.03. The van der Waals surface area contributed by atoms with Crippen LogP contribution in [-0.4, -0.2) is 26.1 Å². The number of aromatic amines is 2. The van der Waals surface area contributed by atoms with Crippen LogP contribution in [-0.2, 0) is 0 Å². The van der Waals surface area contributed by atoms with Crippen molar-refractivity contribution >= 4 is 5.91 Å². The molecule has 0 saturated heterocycles. The molecule has 2 aromatic heterocycles. The minimum Gasteiger partial charge on any atom is -0.366 e. The second-order valence-corrected chi connectivity index (χ2v) is 3.31. The molecule has 2 aromatic rings. The second-order valence-electron chi connectivity index (χ2n) is 3.31. The van der Waals surface area contributed by atoms with Crippen LogP contribution in [0.15, 0.2) is 6.20 Å². The Bertz CT molecular complexity index is 510. The van der Waals surface area contributed by atoms with Crippen LogP contribution >= 0.6 is 0 Å². The molecule has 0 fully saturated rings. The Hall–Kier alpha value is -2.11. The maximum absolute atomic E-state index is 11.2. The summed E-state index contributed by atoms with van der Waals surface area (Å²) < 4.78 is 0. The van der Waals surface area contributed by atoms with Gasteiger partial charge in [-0.05, 0) is 13.8 Å². The number of aromatic nitrogens is 4. The van der Waals surface area contributed by atoms with E-state index in [9.17, 15) is 4.79 Å². The summed E-state index contributed by atoms with van der Waals surface area (Å²) in [5.74, 6) is 0.691. The number of carbonyl (C=O) groups excluding carboxylic acids is 1. The summed E-state index contributed by atoms with van der Waals surface area (Å²) in [5, 5.41) is 6.69. The fourth-order valence-electron chi connectivity index (χ4n) is 1.48. The third kappa shape index (κ3) is 1.50. The van der Waals surface area contributed by atoms with Crippen LogP contribution < -0.4 is 5.73 Å². The monoisotopic (exact) mass is 205 g/mol. The molecule has 2 heterocycles. The first-order chi connectivity index (χ1) is 7.09. The molecular formula is C9H11N5O. The minimum absolute atomic E-state index is 0.439. The normalized spacial score (nSPS) is 10.5. The summed E-state index contributed by atoms with van der Waals surface area (Å²) >= 11 is 0. The summed E-state index contributed by atoms with van der Waals surface area (Å²) in [4.78, 5) is 18.3. The van der Waals surface area contributed by atoms with Gasteiger partial charge in [0, 0.05) is 11.9 Å². The number of aryl methyl sites for hydroxylation is 2. The predicted molar refractivity (Wildman–Crippen MR) is 54.2 cm³/mol. The van der Waals surface area contributed by atoms with Crippen LogP contribution in [0.5, 0.6) is 0 Å². The lowest BCUT2D eigenvalue weighted by Gasteiger charge is -1.96. The Morgan fingerprint density at radius 1 is 1.47 bits per heavy atom. The lowest BCUT2D eigenvalue weighted by Crippen LogP contribution is -2.12. The predicted octanol–water partition coefficient (Wildman–Crippen LogP) is 0.516. The number of hydrogen-bond donors (Lipinski definition) is 3. The lowest BCUT2D eigenvalue weighted by atomic mass is 10.1. The summed E-state index contributed by atoms with van der Waals surface area (Å²) in [6, 6.07) is 0. The zero-order chi connectivity index (χ0) is 11.0. The van der Waals surface area contributed by atoms with Crippen LogP contribution in [0.1, 0.15) is 21.9 Å². The molecule has 6 heteroatoms. The molecule has 0 unspecified atom stereocenters. The molecule has 0 aliphatic carbocycles. The molecule has 4 N–H and O–H groups in total. The van der Waals surface area contributed by atoms with Gasteiger partial charge >= 0.3 is 0 Å². The van der Waals surface area contributed by atoms with Gasteiger partial charge in [-0.15, -0.1) is 0 Å². The van der Waals surface area contributed by atoms with Crippen LogP contribution in [0.2, 0.25) is 0 Å². The van der Waals surface area contributed by atoms with Gasteiger partial charge < -0.3 is 10.7 Å². The van der Waals surface area contributed by atoms with Gasteiger partial charge in [-0.2, -0.15) is 5.10 Å². The van der Waals surface area contributed by atoms with Crippen LogP contribution in [0.25, 0.3) is 11.4 Å². The second kappa shape index (κ2) is 3.23. The average Bonchev–Trinajstić information content (AvgIpc) is 2.71. The molecule has 0 atom stereocenters. The van der Waals surface area contributed by atoms with Crippen LogP contribution in [0, 0.1) is 13.8 Å². The number of nitrogens with two attached hydrogens (primary N) is 1. The summed E-state index contributed by atoms with van der Waals surface area (Å²) in [7, 11) is 0. The number of carbonyl (C=O) groups is 1. The molecule has 0 saturated carbocycles. The maximum Gasteiger partial charge on any atom is 0.251 e. The molecule has 0 aliphatic rings. The van der Waals surface area contributed by atoms with Crippen molar-refractivity contribution in [2.75, 3.05) is 0 Å². The van der Waals surface area contributed by atoms with Crippen LogP contribution in [0.3, 0.4) is 0 Å².